The molecule has 0 N–H and O–H groups in total. The Bertz CT molecular complexity index is 3180. The molecule has 0 unspecified atom stereocenters. The highest BCUT2D eigenvalue weighted by molar-refractivity contribution is 6.14. The Morgan fingerprint density at radius 2 is 0.596 bits per heavy atom. The Labute approximate surface area is 327 Å². The van der Waals surface area contributed by atoms with Crippen molar-refractivity contribution in [3.63, 3.8) is 0 Å². The average Bonchev–Trinajstić information content (AvgIpc) is 3.92. The largest absolute Gasteiger partial charge is 0.309 e. The molecule has 57 heavy (non-hydrogen) atoms. The van der Waals surface area contributed by atoms with Crippen LogP contribution in [0.25, 0.3) is 106 Å². The molecular formula is C51H32N6. The lowest BCUT2D eigenvalue weighted by Crippen LogP contribution is -2.06. The summed E-state index contributed by atoms with van der Waals surface area (Å²) in [6, 6.07) is 68.6. The van der Waals surface area contributed by atoms with Gasteiger partial charge < -0.3 is 9.13 Å². The Kier molecular flexibility index (Phi) is 6.83. The van der Waals surface area contributed by atoms with E-state index in [-0.39, 0.29) is 0 Å². The first-order valence-electron chi connectivity index (χ1n) is 19.2. The maximum absolute atomic E-state index is 5.21. The minimum atomic E-state index is 0.567. The predicted octanol–water partition coefficient (Wildman–Crippen LogP) is 12.5. The van der Waals surface area contributed by atoms with E-state index < -0.39 is 0 Å². The molecule has 6 heteroatoms. The fourth-order valence-electron chi connectivity index (χ4n) is 8.79. The molecule has 0 aliphatic carbocycles. The average molecular weight is 729 g/mol. The van der Waals surface area contributed by atoms with Gasteiger partial charge in [-0.3, -0.25) is 4.57 Å². The van der Waals surface area contributed by atoms with Gasteiger partial charge in [0.25, 0.3) is 0 Å². The standard InChI is InChI=1S/C51H32N6/c1-3-15-33(16-4-1)49-52-50(34-17-5-2-6-18-34)54-51(53-49)57-47-29-27-35(55-43-23-11-7-19-37(43)38-20-8-12-24-44(38)55)31-41(47)42-32-36(28-30-48(42)57)56-45-25-13-9-21-39(45)40-22-10-14-26-46(40)56/h1-32H. The van der Waals surface area contributed by atoms with Crippen molar-refractivity contribution in [1.82, 2.24) is 28.7 Å². The van der Waals surface area contributed by atoms with E-state index >= 15 is 0 Å². The van der Waals surface area contributed by atoms with Gasteiger partial charge in [-0.2, -0.15) is 9.97 Å². The third-order valence-electron chi connectivity index (χ3n) is 11.3. The fourth-order valence-corrected chi connectivity index (χ4v) is 8.79. The molecule has 0 saturated carbocycles. The molecule has 8 aromatic carbocycles. The lowest BCUT2D eigenvalue weighted by Gasteiger charge is -2.12. The molecule has 0 fully saturated rings. The van der Waals surface area contributed by atoms with Gasteiger partial charge in [0, 0.05) is 54.8 Å². The van der Waals surface area contributed by atoms with Crippen LogP contribution < -0.4 is 0 Å². The summed E-state index contributed by atoms with van der Waals surface area (Å²) in [4.78, 5) is 15.4. The topological polar surface area (TPSA) is 53.5 Å². The second-order valence-electron chi connectivity index (χ2n) is 14.5. The van der Waals surface area contributed by atoms with Crippen LogP contribution in [-0.4, -0.2) is 28.7 Å². The smallest absolute Gasteiger partial charge is 0.238 e. The van der Waals surface area contributed by atoms with Gasteiger partial charge in [0.2, 0.25) is 5.95 Å². The Hall–Kier alpha value is -7.83. The zero-order chi connectivity index (χ0) is 37.5. The van der Waals surface area contributed by atoms with E-state index in [1.54, 1.807) is 0 Å². The zero-order valence-corrected chi connectivity index (χ0v) is 30.7. The van der Waals surface area contributed by atoms with Crippen LogP contribution in [0.5, 0.6) is 0 Å². The van der Waals surface area contributed by atoms with Gasteiger partial charge in [-0.25, -0.2) is 4.98 Å². The van der Waals surface area contributed by atoms with Gasteiger partial charge >= 0.3 is 0 Å². The first-order valence-corrected chi connectivity index (χ1v) is 19.2. The molecule has 4 aromatic heterocycles. The number of aromatic nitrogens is 6. The first kappa shape index (κ1) is 31.5. The van der Waals surface area contributed by atoms with Crippen LogP contribution in [0.2, 0.25) is 0 Å². The highest BCUT2D eigenvalue weighted by atomic mass is 15.2. The third-order valence-corrected chi connectivity index (χ3v) is 11.3. The van der Waals surface area contributed by atoms with Gasteiger partial charge in [0.15, 0.2) is 11.6 Å². The molecule has 0 amide bonds. The van der Waals surface area contributed by atoms with Crippen LogP contribution in [0, 0.1) is 0 Å². The maximum atomic E-state index is 5.21. The molecular weight excluding hydrogens is 697 g/mol. The monoisotopic (exact) mass is 728 g/mol. The van der Waals surface area contributed by atoms with E-state index in [9.17, 15) is 0 Å². The number of para-hydroxylation sites is 4. The van der Waals surface area contributed by atoms with Crippen LogP contribution in [0.15, 0.2) is 194 Å². The third kappa shape index (κ3) is 4.81. The second-order valence-corrected chi connectivity index (χ2v) is 14.5. The number of hydrogen-bond donors (Lipinski definition) is 0. The van der Waals surface area contributed by atoms with Gasteiger partial charge in [-0.15, -0.1) is 0 Å². The zero-order valence-electron chi connectivity index (χ0n) is 30.7. The van der Waals surface area contributed by atoms with Gasteiger partial charge in [0.05, 0.1) is 33.1 Å². The number of hydrogen-bond acceptors (Lipinski definition) is 3. The minimum absolute atomic E-state index is 0.567. The number of nitrogens with zero attached hydrogens (tertiary/aromatic N) is 6. The fraction of sp³-hybridized carbons (Fsp3) is 0. The van der Waals surface area contributed by atoms with Gasteiger partial charge in [-0.1, -0.05) is 133 Å². The van der Waals surface area contributed by atoms with Crippen LogP contribution >= 0.6 is 0 Å². The van der Waals surface area contributed by atoms with E-state index in [1.165, 1.54) is 43.6 Å². The summed E-state index contributed by atoms with van der Waals surface area (Å²) in [6.07, 6.45) is 0. The van der Waals surface area contributed by atoms with E-state index in [1.807, 2.05) is 36.4 Å². The number of rotatable bonds is 5. The van der Waals surface area contributed by atoms with Crippen molar-refractivity contribution in [3.8, 4) is 40.1 Å². The van der Waals surface area contributed by atoms with Crippen LogP contribution in [0.1, 0.15) is 0 Å². The van der Waals surface area contributed by atoms with Gasteiger partial charge in [-0.05, 0) is 60.7 Å². The van der Waals surface area contributed by atoms with Crippen molar-refractivity contribution in [2.45, 2.75) is 0 Å². The molecule has 0 aliphatic rings. The normalized spacial score (nSPS) is 11.9. The Morgan fingerprint density at radius 1 is 0.263 bits per heavy atom. The number of benzene rings is 8. The molecule has 12 rings (SSSR count). The van der Waals surface area contributed by atoms with Crippen molar-refractivity contribution in [1.29, 1.82) is 0 Å². The van der Waals surface area contributed by atoms with Crippen LogP contribution in [0.3, 0.4) is 0 Å². The van der Waals surface area contributed by atoms with Crippen LogP contribution in [0.4, 0.5) is 0 Å². The molecule has 0 spiro atoms. The molecule has 0 atom stereocenters. The quantitative estimate of drug-likeness (QED) is 0.177. The van der Waals surface area contributed by atoms with Crippen molar-refractivity contribution >= 4 is 65.4 Å². The van der Waals surface area contributed by atoms with E-state index in [0.29, 0.717) is 17.6 Å². The molecule has 6 nitrogen and oxygen atoms in total. The first-order chi connectivity index (χ1) is 28.3. The Balaban J connectivity index is 1.18. The molecule has 0 aliphatic heterocycles. The maximum Gasteiger partial charge on any atom is 0.238 e. The lowest BCUT2D eigenvalue weighted by atomic mass is 10.1. The molecule has 4 heterocycles. The summed E-state index contributed by atoms with van der Waals surface area (Å²) >= 11 is 0. The van der Waals surface area contributed by atoms with Crippen LogP contribution in [-0.2, 0) is 0 Å². The summed E-state index contributed by atoms with van der Waals surface area (Å²) in [6.45, 7) is 0. The second kappa shape index (κ2) is 12.3. The summed E-state index contributed by atoms with van der Waals surface area (Å²) in [5.74, 6) is 1.81. The molecule has 0 bridgehead atoms. The summed E-state index contributed by atoms with van der Waals surface area (Å²) in [5.41, 5.74) is 10.8. The van der Waals surface area contributed by atoms with Gasteiger partial charge in [0.1, 0.15) is 0 Å². The Morgan fingerprint density at radius 3 is 0.982 bits per heavy atom. The van der Waals surface area contributed by atoms with Crippen molar-refractivity contribution < 1.29 is 0 Å². The van der Waals surface area contributed by atoms with Crippen molar-refractivity contribution in [2.24, 2.45) is 0 Å². The molecule has 12 aromatic rings. The summed E-state index contributed by atoms with van der Waals surface area (Å²) < 4.78 is 6.97. The van der Waals surface area contributed by atoms with Crippen molar-refractivity contribution in [3.05, 3.63) is 194 Å². The number of fused-ring (bicyclic) bond motifs is 9. The highest BCUT2D eigenvalue weighted by Crippen LogP contribution is 2.39. The lowest BCUT2D eigenvalue weighted by molar-refractivity contribution is 0.953. The van der Waals surface area contributed by atoms with E-state index in [4.69, 9.17) is 15.0 Å². The van der Waals surface area contributed by atoms with E-state index in [2.05, 4.69) is 171 Å². The SMILES string of the molecule is c1ccc(-c2nc(-c3ccccc3)nc(-n3c4ccc(-n5c6ccccc6c6ccccc65)cc4c4cc(-n5c6ccccc6c6ccccc65)ccc43)n2)cc1. The molecule has 266 valence electrons. The summed E-state index contributed by atoms with van der Waals surface area (Å²) in [7, 11) is 0. The summed E-state index contributed by atoms with van der Waals surface area (Å²) in [5, 5.41) is 7.14. The van der Waals surface area contributed by atoms with E-state index in [0.717, 1.165) is 44.3 Å². The highest BCUT2D eigenvalue weighted by Gasteiger charge is 2.21. The predicted molar refractivity (Wildman–Crippen MR) is 234 cm³/mol. The van der Waals surface area contributed by atoms with Crippen molar-refractivity contribution in [2.75, 3.05) is 0 Å². The molecule has 0 radical (unpaired) electrons. The minimum Gasteiger partial charge on any atom is -0.309 e. The molecule has 0 saturated heterocycles.